The van der Waals surface area contributed by atoms with Gasteiger partial charge in [-0.15, -0.1) is 0 Å². The Morgan fingerprint density at radius 1 is 1.56 bits per heavy atom. The molecule has 0 spiro atoms. The lowest BCUT2D eigenvalue weighted by atomic mass is 10.3. The lowest BCUT2D eigenvalue weighted by Crippen LogP contribution is -2.43. The van der Waals surface area contributed by atoms with Crippen molar-refractivity contribution in [3.63, 3.8) is 0 Å². The van der Waals surface area contributed by atoms with Crippen LogP contribution in [0.5, 0.6) is 0 Å². The van der Waals surface area contributed by atoms with Crippen molar-refractivity contribution in [1.82, 2.24) is 15.4 Å². The van der Waals surface area contributed by atoms with Gasteiger partial charge in [0.2, 0.25) is 5.91 Å². The highest BCUT2D eigenvalue weighted by atomic mass is 32.2. The van der Waals surface area contributed by atoms with Crippen molar-refractivity contribution in [3.8, 4) is 0 Å². The maximum absolute atomic E-state index is 12.0. The van der Waals surface area contributed by atoms with Gasteiger partial charge in [-0.2, -0.15) is 5.01 Å². The van der Waals surface area contributed by atoms with Crippen LogP contribution in [0, 0.1) is 0 Å². The molecule has 0 aliphatic carbocycles. The molecular weight excluding hydrogens is 270 g/mol. The van der Waals surface area contributed by atoms with Gasteiger partial charge in [-0.05, 0) is 30.4 Å². The first kappa shape index (κ1) is 12.7. The Kier molecular flexibility index (Phi) is 3.73. The standard InChI is InChI=1S/C11H9N3O2S2/c1-7(15)13-14-10(16)9(18-11(14)17)6-8-4-2-3-5-12-8/h2-6H,1H3,(H,13,15). The average molecular weight is 279 g/mol. The van der Waals surface area contributed by atoms with Gasteiger partial charge in [0.15, 0.2) is 4.32 Å². The van der Waals surface area contributed by atoms with E-state index >= 15 is 0 Å². The second-order valence-corrected chi connectivity index (χ2v) is 5.12. The maximum Gasteiger partial charge on any atom is 0.285 e. The van der Waals surface area contributed by atoms with Crippen molar-refractivity contribution >= 4 is 46.2 Å². The van der Waals surface area contributed by atoms with Gasteiger partial charge in [0.05, 0.1) is 10.6 Å². The first-order valence-electron chi connectivity index (χ1n) is 5.04. The molecule has 18 heavy (non-hydrogen) atoms. The molecule has 2 rings (SSSR count). The molecular formula is C11H9N3O2S2. The third-order valence-corrected chi connectivity index (χ3v) is 3.33. The fraction of sp³-hybridized carbons (Fsp3) is 0.0909. The van der Waals surface area contributed by atoms with Crippen molar-refractivity contribution in [2.45, 2.75) is 6.92 Å². The fourth-order valence-electron chi connectivity index (χ4n) is 1.32. The molecule has 0 saturated carbocycles. The summed E-state index contributed by atoms with van der Waals surface area (Å²) >= 11 is 6.15. The molecule has 1 saturated heterocycles. The molecule has 5 nitrogen and oxygen atoms in total. The highest BCUT2D eigenvalue weighted by molar-refractivity contribution is 8.26. The highest BCUT2D eigenvalue weighted by Gasteiger charge is 2.32. The van der Waals surface area contributed by atoms with Gasteiger partial charge in [-0.25, -0.2) is 0 Å². The fourth-order valence-corrected chi connectivity index (χ4v) is 2.48. The SMILES string of the molecule is CC(=O)NN1C(=O)C(=Cc2ccccn2)SC1=S. The van der Waals surface area contributed by atoms with Gasteiger partial charge in [-0.3, -0.25) is 20.0 Å². The second-order valence-electron chi connectivity index (χ2n) is 3.44. The van der Waals surface area contributed by atoms with Crippen LogP contribution in [-0.2, 0) is 9.59 Å². The predicted molar refractivity (Wildman–Crippen MR) is 73.1 cm³/mol. The smallest absolute Gasteiger partial charge is 0.274 e. The highest BCUT2D eigenvalue weighted by Crippen LogP contribution is 2.30. The van der Waals surface area contributed by atoms with Crippen LogP contribution in [0.2, 0.25) is 0 Å². The minimum absolute atomic E-state index is 0.303. The first-order chi connectivity index (χ1) is 8.58. The van der Waals surface area contributed by atoms with Crippen LogP contribution >= 0.6 is 24.0 Å². The number of nitrogens with zero attached hydrogens (tertiary/aromatic N) is 2. The minimum atomic E-state index is -0.342. The molecule has 1 aliphatic heterocycles. The van der Waals surface area contributed by atoms with E-state index in [4.69, 9.17) is 12.2 Å². The van der Waals surface area contributed by atoms with E-state index in [9.17, 15) is 9.59 Å². The van der Waals surface area contributed by atoms with Gasteiger partial charge in [0, 0.05) is 13.1 Å². The van der Waals surface area contributed by atoms with Crippen LogP contribution in [0.15, 0.2) is 29.3 Å². The van der Waals surface area contributed by atoms with Crippen LogP contribution in [0.4, 0.5) is 0 Å². The Morgan fingerprint density at radius 2 is 2.33 bits per heavy atom. The second kappa shape index (κ2) is 5.28. The molecule has 1 aromatic heterocycles. The minimum Gasteiger partial charge on any atom is -0.274 e. The molecule has 7 heteroatoms. The number of pyridine rings is 1. The number of thioether (sulfide) groups is 1. The summed E-state index contributed by atoms with van der Waals surface area (Å²) in [5, 5.41) is 1.07. The number of hydrazine groups is 1. The third kappa shape index (κ3) is 2.74. The zero-order valence-corrected chi connectivity index (χ0v) is 11.0. The van der Waals surface area contributed by atoms with Gasteiger partial charge in [0.25, 0.3) is 5.91 Å². The summed E-state index contributed by atoms with van der Waals surface area (Å²) in [6.45, 7) is 1.32. The lowest BCUT2D eigenvalue weighted by Gasteiger charge is -2.13. The summed E-state index contributed by atoms with van der Waals surface area (Å²) < 4.78 is 0.303. The van der Waals surface area contributed by atoms with E-state index in [2.05, 4.69) is 10.4 Å². The van der Waals surface area contributed by atoms with Crippen molar-refractivity contribution in [1.29, 1.82) is 0 Å². The Morgan fingerprint density at radius 3 is 2.94 bits per heavy atom. The predicted octanol–water partition coefficient (Wildman–Crippen LogP) is 1.33. The van der Waals surface area contributed by atoms with Crippen LogP contribution in [0.3, 0.4) is 0 Å². The molecule has 1 N–H and O–H groups in total. The zero-order chi connectivity index (χ0) is 13.1. The van der Waals surface area contributed by atoms with Crippen molar-refractivity contribution in [2.75, 3.05) is 0 Å². The number of hydrogen-bond acceptors (Lipinski definition) is 5. The van der Waals surface area contributed by atoms with E-state index in [0.717, 1.165) is 16.8 Å². The number of rotatable bonds is 2. The van der Waals surface area contributed by atoms with E-state index in [1.807, 2.05) is 6.07 Å². The summed E-state index contributed by atoms with van der Waals surface area (Å²) in [4.78, 5) is 27.4. The summed E-state index contributed by atoms with van der Waals surface area (Å²) in [7, 11) is 0. The Labute approximate surface area is 113 Å². The number of hydrogen-bond donors (Lipinski definition) is 1. The molecule has 2 heterocycles. The number of carbonyl (C=O) groups is 2. The quantitative estimate of drug-likeness (QED) is 0.654. The summed E-state index contributed by atoms with van der Waals surface area (Å²) in [5.74, 6) is -0.684. The lowest BCUT2D eigenvalue weighted by molar-refractivity contribution is -0.131. The topological polar surface area (TPSA) is 62.3 Å². The van der Waals surface area contributed by atoms with Crippen LogP contribution in [-0.4, -0.2) is 26.1 Å². The third-order valence-electron chi connectivity index (χ3n) is 2.03. The number of thiocarbonyl (C=S) groups is 1. The molecule has 0 unspecified atom stereocenters. The molecule has 1 aliphatic rings. The number of amides is 2. The van der Waals surface area contributed by atoms with Gasteiger partial charge in [-0.1, -0.05) is 17.8 Å². The molecule has 1 fully saturated rings. The molecule has 2 amide bonds. The molecule has 0 radical (unpaired) electrons. The first-order valence-corrected chi connectivity index (χ1v) is 6.26. The van der Waals surface area contributed by atoms with E-state index in [-0.39, 0.29) is 11.8 Å². The number of carbonyl (C=O) groups excluding carboxylic acids is 2. The van der Waals surface area contributed by atoms with Crippen LogP contribution in [0.1, 0.15) is 12.6 Å². The summed E-state index contributed by atoms with van der Waals surface area (Å²) in [6, 6.07) is 5.40. The average Bonchev–Trinajstić information content (AvgIpc) is 2.58. The van der Waals surface area contributed by atoms with E-state index < -0.39 is 0 Å². The van der Waals surface area contributed by atoms with Crippen molar-refractivity contribution in [2.24, 2.45) is 0 Å². The van der Waals surface area contributed by atoms with E-state index in [1.165, 1.54) is 6.92 Å². The summed E-state index contributed by atoms with van der Waals surface area (Å²) in [5.41, 5.74) is 3.05. The molecule has 0 atom stereocenters. The van der Waals surface area contributed by atoms with Crippen LogP contribution < -0.4 is 5.43 Å². The Hall–Kier alpha value is -1.73. The zero-order valence-electron chi connectivity index (χ0n) is 9.41. The summed E-state index contributed by atoms with van der Waals surface area (Å²) in [6.07, 6.45) is 3.28. The maximum atomic E-state index is 12.0. The molecule has 1 aromatic rings. The number of aromatic nitrogens is 1. The largest absolute Gasteiger partial charge is 0.285 e. The van der Waals surface area contributed by atoms with Crippen molar-refractivity contribution < 1.29 is 9.59 Å². The Bertz CT molecular complexity index is 542. The normalized spacial score (nSPS) is 17.4. The molecule has 0 bridgehead atoms. The Balaban J connectivity index is 2.23. The van der Waals surface area contributed by atoms with Gasteiger partial charge in [0.1, 0.15) is 0 Å². The molecule has 92 valence electrons. The van der Waals surface area contributed by atoms with E-state index in [1.54, 1.807) is 24.4 Å². The van der Waals surface area contributed by atoms with Gasteiger partial charge < -0.3 is 0 Å². The van der Waals surface area contributed by atoms with Gasteiger partial charge >= 0.3 is 0 Å². The molecule has 0 aromatic carbocycles. The van der Waals surface area contributed by atoms with Crippen LogP contribution in [0.25, 0.3) is 6.08 Å². The van der Waals surface area contributed by atoms with E-state index in [0.29, 0.717) is 14.9 Å². The monoisotopic (exact) mass is 279 g/mol. The van der Waals surface area contributed by atoms with Crippen molar-refractivity contribution in [3.05, 3.63) is 35.0 Å². The number of nitrogens with one attached hydrogen (secondary N) is 1.